The van der Waals surface area contributed by atoms with Crippen molar-refractivity contribution in [2.75, 3.05) is 20.8 Å². The maximum atomic E-state index is 5.87. The van der Waals surface area contributed by atoms with Crippen LogP contribution in [0.25, 0.3) is 0 Å². The van der Waals surface area contributed by atoms with Crippen molar-refractivity contribution in [3.8, 4) is 5.75 Å². The Balaban J connectivity index is 1.84. The third-order valence-electron chi connectivity index (χ3n) is 3.94. The minimum atomic E-state index is 0.386. The van der Waals surface area contributed by atoms with Gasteiger partial charge in [-0.25, -0.2) is 0 Å². The second-order valence-corrected chi connectivity index (χ2v) is 5.19. The van der Waals surface area contributed by atoms with Gasteiger partial charge >= 0.3 is 0 Å². The zero-order valence-corrected chi connectivity index (χ0v) is 12.0. The summed E-state index contributed by atoms with van der Waals surface area (Å²) in [5.74, 6) is 0.921. The van der Waals surface area contributed by atoms with Crippen molar-refractivity contribution in [1.29, 1.82) is 0 Å². The van der Waals surface area contributed by atoms with Gasteiger partial charge in [0.05, 0.1) is 13.2 Å². The van der Waals surface area contributed by atoms with Gasteiger partial charge in [0.15, 0.2) is 0 Å². The predicted octanol–water partition coefficient (Wildman–Crippen LogP) is 2.78. The molecule has 0 amide bonds. The fourth-order valence-electron chi connectivity index (χ4n) is 2.71. The lowest BCUT2D eigenvalue weighted by Crippen LogP contribution is -2.41. The molecule has 19 heavy (non-hydrogen) atoms. The molecule has 1 N–H and O–H groups in total. The molecule has 1 heterocycles. The van der Waals surface area contributed by atoms with Crippen molar-refractivity contribution < 1.29 is 9.47 Å². The van der Waals surface area contributed by atoms with E-state index in [4.69, 9.17) is 9.47 Å². The first-order valence-electron chi connectivity index (χ1n) is 7.25. The molecular formula is C16H25NO2. The quantitative estimate of drug-likeness (QED) is 0.856. The Kier molecular flexibility index (Phi) is 5.67. The highest BCUT2D eigenvalue weighted by atomic mass is 16.5. The highest BCUT2D eigenvalue weighted by molar-refractivity contribution is 5.27. The topological polar surface area (TPSA) is 30.5 Å². The number of aryl methyl sites for hydroxylation is 1. The molecule has 106 valence electrons. The molecule has 3 heteroatoms. The Labute approximate surface area is 116 Å². The predicted molar refractivity (Wildman–Crippen MR) is 77.8 cm³/mol. The Morgan fingerprint density at radius 2 is 2.11 bits per heavy atom. The summed E-state index contributed by atoms with van der Waals surface area (Å²) < 4.78 is 11.1. The number of nitrogens with one attached hydrogen (secondary N) is 1. The molecule has 1 saturated heterocycles. The van der Waals surface area contributed by atoms with Crippen LogP contribution < -0.4 is 10.1 Å². The first kappa shape index (κ1) is 14.4. The standard InChI is InChI=1S/C16H25NO2/c1-17-15(16-5-3-4-12-19-16)11-8-13-6-9-14(18-2)10-7-13/h6-7,9-10,15-17H,3-5,8,11-12H2,1-2H3. The summed E-state index contributed by atoms with van der Waals surface area (Å²) >= 11 is 0. The molecule has 0 bridgehead atoms. The summed E-state index contributed by atoms with van der Waals surface area (Å²) in [6, 6.07) is 8.81. The zero-order valence-electron chi connectivity index (χ0n) is 12.0. The maximum absolute atomic E-state index is 5.87. The lowest BCUT2D eigenvalue weighted by atomic mass is 9.96. The SMILES string of the molecule is CNC(CCc1ccc(OC)cc1)C1CCCCO1. The summed E-state index contributed by atoms with van der Waals surface area (Å²) in [6.45, 7) is 0.922. The molecule has 0 radical (unpaired) electrons. The summed E-state index contributed by atoms with van der Waals surface area (Å²) in [4.78, 5) is 0. The highest BCUT2D eigenvalue weighted by Gasteiger charge is 2.22. The molecular weight excluding hydrogens is 238 g/mol. The van der Waals surface area contributed by atoms with Crippen LogP contribution in [-0.4, -0.2) is 32.9 Å². The van der Waals surface area contributed by atoms with E-state index in [0.717, 1.165) is 25.2 Å². The van der Waals surface area contributed by atoms with E-state index in [1.54, 1.807) is 7.11 Å². The largest absolute Gasteiger partial charge is 0.497 e. The molecule has 1 fully saturated rings. The minimum absolute atomic E-state index is 0.386. The molecule has 1 aromatic rings. The van der Waals surface area contributed by atoms with Gasteiger partial charge in [0.25, 0.3) is 0 Å². The molecule has 1 aliphatic rings. The number of likely N-dealkylation sites (N-methyl/N-ethyl adjacent to an activating group) is 1. The number of hydrogen-bond donors (Lipinski definition) is 1. The fraction of sp³-hybridized carbons (Fsp3) is 0.625. The molecule has 3 nitrogen and oxygen atoms in total. The number of methoxy groups -OCH3 is 1. The van der Waals surface area contributed by atoms with Crippen LogP contribution in [0.5, 0.6) is 5.75 Å². The van der Waals surface area contributed by atoms with Crippen LogP contribution in [0.4, 0.5) is 0 Å². The van der Waals surface area contributed by atoms with Crippen LogP contribution >= 0.6 is 0 Å². The van der Waals surface area contributed by atoms with Gasteiger partial charge in [-0.1, -0.05) is 12.1 Å². The number of hydrogen-bond acceptors (Lipinski definition) is 3. The van der Waals surface area contributed by atoms with Crippen molar-refractivity contribution in [2.24, 2.45) is 0 Å². The molecule has 0 aliphatic carbocycles. The second kappa shape index (κ2) is 7.51. The van der Waals surface area contributed by atoms with Crippen LogP contribution in [0, 0.1) is 0 Å². The minimum Gasteiger partial charge on any atom is -0.497 e. The van der Waals surface area contributed by atoms with Crippen molar-refractivity contribution in [1.82, 2.24) is 5.32 Å². The molecule has 2 unspecified atom stereocenters. The molecule has 1 aliphatic heterocycles. The van der Waals surface area contributed by atoms with E-state index in [9.17, 15) is 0 Å². The monoisotopic (exact) mass is 263 g/mol. The van der Waals surface area contributed by atoms with E-state index in [1.165, 1.54) is 24.8 Å². The summed E-state index contributed by atoms with van der Waals surface area (Å²) in [5, 5.41) is 3.41. The van der Waals surface area contributed by atoms with E-state index < -0.39 is 0 Å². The van der Waals surface area contributed by atoms with E-state index in [2.05, 4.69) is 17.4 Å². The summed E-state index contributed by atoms with van der Waals surface area (Å²) in [6.07, 6.45) is 6.28. The lowest BCUT2D eigenvalue weighted by molar-refractivity contribution is -0.00760. The van der Waals surface area contributed by atoms with Crippen LogP contribution in [-0.2, 0) is 11.2 Å². The normalized spacial score (nSPS) is 21.1. The number of benzene rings is 1. The van der Waals surface area contributed by atoms with Gasteiger partial charge in [-0.3, -0.25) is 0 Å². The Morgan fingerprint density at radius 1 is 1.32 bits per heavy atom. The van der Waals surface area contributed by atoms with Crippen LogP contribution in [0.15, 0.2) is 24.3 Å². The third-order valence-corrected chi connectivity index (χ3v) is 3.94. The van der Waals surface area contributed by atoms with Crippen LogP contribution in [0.2, 0.25) is 0 Å². The van der Waals surface area contributed by atoms with Crippen molar-refractivity contribution in [2.45, 2.75) is 44.2 Å². The molecule has 0 saturated carbocycles. The molecule has 1 aromatic carbocycles. The van der Waals surface area contributed by atoms with Crippen LogP contribution in [0.3, 0.4) is 0 Å². The first-order valence-corrected chi connectivity index (χ1v) is 7.25. The van der Waals surface area contributed by atoms with Gasteiger partial charge in [0.2, 0.25) is 0 Å². The van der Waals surface area contributed by atoms with Gasteiger partial charge in [-0.15, -0.1) is 0 Å². The molecule has 0 aromatic heterocycles. The maximum Gasteiger partial charge on any atom is 0.118 e. The second-order valence-electron chi connectivity index (χ2n) is 5.19. The van der Waals surface area contributed by atoms with Crippen molar-refractivity contribution >= 4 is 0 Å². The van der Waals surface area contributed by atoms with Gasteiger partial charge < -0.3 is 14.8 Å². The van der Waals surface area contributed by atoms with Gasteiger partial charge in [-0.2, -0.15) is 0 Å². The van der Waals surface area contributed by atoms with Gasteiger partial charge in [0, 0.05) is 12.6 Å². The lowest BCUT2D eigenvalue weighted by Gasteiger charge is -2.30. The van der Waals surface area contributed by atoms with E-state index in [-0.39, 0.29) is 0 Å². The van der Waals surface area contributed by atoms with Crippen molar-refractivity contribution in [3.05, 3.63) is 29.8 Å². The average molecular weight is 263 g/mol. The zero-order chi connectivity index (χ0) is 13.5. The molecule has 2 rings (SSSR count). The number of ether oxygens (including phenoxy) is 2. The number of rotatable bonds is 6. The summed E-state index contributed by atoms with van der Waals surface area (Å²) in [7, 11) is 3.74. The van der Waals surface area contributed by atoms with Gasteiger partial charge in [-0.05, 0) is 56.8 Å². The van der Waals surface area contributed by atoms with Gasteiger partial charge in [0.1, 0.15) is 5.75 Å². The Morgan fingerprint density at radius 3 is 2.68 bits per heavy atom. The Bertz CT molecular complexity index is 358. The summed E-state index contributed by atoms with van der Waals surface area (Å²) in [5.41, 5.74) is 1.36. The van der Waals surface area contributed by atoms with Crippen molar-refractivity contribution in [3.63, 3.8) is 0 Å². The fourth-order valence-corrected chi connectivity index (χ4v) is 2.71. The smallest absolute Gasteiger partial charge is 0.118 e. The molecule has 2 atom stereocenters. The molecule has 0 spiro atoms. The van der Waals surface area contributed by atoms with Crippen LogP contribution in [0.1, 0.15) is 31.2 Å². The van der Waals surface area contributed by atoms with E-state index in [0.29, 0.717) is 12.1 Å². The average Bonchev–Trinajstić information content (AvgIpc) is 2.49. The van der Waals surface area contributed by atoms with E-state index >= 15 is 0 Å². The third kappa shape index (κ3) is 4.22. The first-order chi connectivity index (χ1) is 9.33. The van der Waals surface area contributed by atoms with E-state index in [1.807, 2.05) is 19.2 Å². The Hall–Kier alpha value is -1.06. The highest BCUT2D eigenvalue weighted by Crippen LogP contribution is 2.19.